The van der Waals surface area contributed by atoms with Crippen molar-refractivity contribution in [2.75, 3.05) is 0 Å². The lowest BCUT2D eigenvalue weighted by Gasteiger charge is -2.43. The summed E-state index contributed by atoms with van der Waals surface area (Å²) in [5.41, 5.74) is 4.54. The first-order valence-corrected chi connectivity index (χ1v) is 13.6. The molecule has 5 aromatic carbocycles. The molecule has 8 rings (SSSR count). The number of allylic oxidation sites excluding steroid dienone is 3. The first-order chi connectivity index (χ1) is 19.7. The lowest BCUT2D eigenvalue weighted by Crippen LogP contribution is -2.43. The molecule has 192 valence electrons. The fraction of sp³-hybridized carbons (Fsp3) is 0.0556. The predicted molar refractivity (Wildman–Crippen MR) is 164 cm³/mol. The number of benzene rings is 5. The van der Waals surface area contributed by atoms with Crippen molar-refractivity contribution in [2.45, 2.75) is 12.1 Å². The predicted octanol–water partition coefficient (Wildman–Crippen LogP) is 8.74. The molecule has 2 heterocycles. The van der Waals surface area contributed by atoms with Crippen LogP contribution in [0.2, 0.25) is 0 Å². The van der Waals surface area contributed by atoms with Gasteiger partial charge in [0.1, 0.15) is 11.5 Å². The third kappa shape index (κ3) is 2.90. The van der Waals surface area contributed by atoms with Crippen molar-refractivity contribution >= 4 is 49.2 Å². The van der Waals surface area contributed by atoms with Crippen LogP contribution in [-0.4, -0.2) is 19.3 Å². The summed E-state index contributed by atoms with van der Waals surface area (Å²) < 4.78 is 4.75. The molecule has 4 nitrogen and oxygen atoms in total. The van der Waals surface area contributed by atoms with E-state index < -0.39 is 5.66 Å². The maximum atomic E-state index is 11.8. The number of aromatic nitrogens is 2. The second-order valence-corrected chi connectivity index (χ2v) is 10.4. The molecule has 1 aliphatic carbocycles. The van der Waals surface area contributed by atoms with Crippen LogP contribution in [-0.2, 0) is 5.66 Å². The first kappa shape index (κ1) is 22.7. The normalized spacial score (nSPS) is 15.1. The minimum Gasteiger partial charge on any atom is -0.507 e. The van der Waals surface area contributed by atoms with Crippen LogP contribution in [0.1, 0.15) is 12.0 Å². The molecule has 0 unspecified atom stereocenters. The highest BCUT2D eigenvalue weighted by atomic mass is 16.3. The van der Waals surface area contributed by atoms with Gasteiger partial charge in [-0.25, -0.2) is 0 Å². The van der Waals surface area contributed by atoms with Gasteiger partial charge in [-0.1, -0.05) is 97.1 Å². The van der Waals surface area contributed by atoms with Crippen LogP contribution in [0.5, 0.6) is 5.75 Å². The smallest absolute Gasteiger partial charge is 0.156 e. The zero-order valence-electron chi connectivity index (χ0n) is 21.7. The molecule has 0 aliphatic heterocycles. The third-order valence-corrected chi connectivity index (χ3v) is 8.41. The van der Waals surface area contributed by atoms with Gasteiger partial charge in [0, 0.05) is 33.5 Å². The number of fused-ring (bicyclic) bond motifs is 6. The van der Waals surface area contributed by atoms with Gasteiger partial charge >= 0.3 is 0 Å². The minimum atomic E-state index is -0.955. The average Bonchev–Trinajstić information content (AvgIpc) is 3.52. The number of nitrogens with zero attached hydrogens (tertiary/aromatic N) is 2. The summed E-state index contributed by atoms with van der Waals surface area (Å²) in [7, 11) is 0. The Morgan fingerprint density at radius 3 is 1.35 bits per heavy atom. The number of aromatic hydroxyl groups is 1. The van der Waals surface area contributed by atoms with Crippen molar-refractivity contribution in [1.82, 2.24) is 9.13 Å². The quantitative estimate of drug-likeness (QED) is 0.246. The Kier molecular flexibility index (Phi) is 4.77. The molecule has 0 amide bonds. The monoisotopic (exact) mass is 518 g/mol. The third-order valence-electron chi connectivity index (χ3n) is 8.41. The van der Waals surface area contributed by atoms with Crippen molar-refractivity contribution in [3.8, 4) is 5.75 Å². The van der Waals surface area contributed by atoms with Gasteiger partial charge in [0.05, 0.1) is 27.6 Å². The van der Waals surface area contributed by atoms with Crippen LogP contribution >= 0.6 is 0 Å². The van der Waals surface area contributed by atoms with Gasteiger partial charge in [-0.15, -0.1) is 0 Å². The van der Waals surface area contributed by atoms with Crippen molar-refractivity contribution < 1.29 is 10.2 Å². The number of rotatable bonds is 3. The number of aliphatic hydroxyl groups is 1. The van der Waals surface area contributed by atoms with Crippen LogP contribution in [0, 0.1) is 0 Å². The summed E-state index contributed by atoms with van der Waals surface area (Å²) in [6.45, 7) is 0. The van der Waals surface area contributed by atoms with E-state index in [4.69, 9.17) is 0 Å². The summed E-state index contributed by atoms with van der Waals surface area (Å²) in [5.74, 6) is 0.265. The van der Waals surface area contributed by atoms with Crippen LogP contribution in [0.3, 0.4) is 0 Å². The number of hydrogen-bond acceptors (Lipinski definition) is 2. The highest BCUT2D eigenvalue weighted by Gasteiger charge is 2.46. The second-order valence-electron chi connectivity index (χ2n) is 10.4. The van der Waals surface area contributed by atoms with E-state index >= 15 is 0 Å². The van der Waals surface area contributed by atoms with Crippen LogP contribution < -0.4 is 0 Å². The Labute approximate surface area is 231 Å². The Balaban J connectivity index is 1.67. The first-order valence-electron chi connectivity index (χ1n) is 13.6. The molecule has 40 heavy (non-hydrogen) atoms. The van der Waals surface area contributed by atoms with Gasteiger partial charge in [0.15, 0.2) is 5.66 Å². The van der Waals surface area contributed by atoms with E-state index in [0.717, 1.165) is 43.6 Å². The largest absolute Gasteiger partial charge is 0.507 e. The van der Waals surface area contributed by atoms with Crippen molar-refractivity contribution in [3.05, 3.63) is 145 Å². The van der Waals surface area contributed by atoms with E-state index in [2.05, 4.69) is 106 Å². The lowest BCUT2D eigenvalue weighted by molar-refractivity contribution is 0.334. The Hall–Kier alpha value is -5.22. The lowest BCUT2D eigenvalue weighted by atomic mass is 9.83. The van der Waals surface area contributed by atoms with E-state index in [1.54, 1.807) is 12.1 Å². The zero-order chi connectivity index (χ0) is 26.8. The molecular formula is C36H26N2O2. The van der Waals surface area contributed by atoms with Gasteiger partial charge < -0.3 is 19.3 Å². The molecule has 0 spiro atoms. The number of phenolic OH excluding ortho intramolecular Hbond substituents is 1. The van der Waals surface area contributed by atoms with Gasteiger partial charge in [-0.05, 0) is 36.4 Å². The van der Waals surface area contributed by atoms with Crippen LogP contribution in [0.25, 0.3) is 49.2 Å². The molecule has 4 heteroatoms. The van der Waals surface area contributed by atoms with E-state index in [0.29, 0.717) is 17.6 Å². The molecule has 7 aromatic rings. The minimum absolute atomic E-state index is 0.130. The van der Waals surface area contributed by atoms with Crippen molar-refractivity contribution in [1.29, 1.82) is 0 Å². The molecule has 0 fully saturated rings. The standard InChI is InChI=1S/C36H26N2O2/c39-33-21-10-5-16-28(33)35-34(40)22-11-23-36(35,37-29-17-6-1-12-24(29)25-13-2-7-18-30(25)37)38-31-19-8-3-14-26(31)27-15-4-9-20-32(27)38/h1-22,39-40H,23H2. The van der Waals surface area contributed by atoms with E-state index in [9.17, 15) is 10.2 Å². The summed E-state index contributed by atoms with van der Waals surface area (Å²) in [4.78, 5) is 0. The highest BCUT2D eigenvalue weighted by Crippen LogP contribution is 2.52. The van der Waals surface area contributed by atoms with Gasteiger partial charge in [-0.2, -0.15) is 0 Å². The summed E-state index contributed by atoms with van der Waals surface area (Å²) >= 11 is 0. The summed E-state index contributed by atoms with van der Waals surface area (Å²) in [6, 6.07) is 41.2. The number of phenols is 1. The molecule has 0 atom stereocenters. The molecule has 0 saturated carbocycles. The highest BCUT2D eigenvalue weighted by molar-refractivity contribution is 6.11. The van der Waals surface area contributed by atoms with Crippen molar-refractivity contribution in [2.24, 2.45) is 0 Å². The van der Waals surface area contributed by atoms with Gasteiger partial charge in [-0.3, -0.25) is 0 Å². The van der Waals surface area contributed by atoms with Gasteiger partial charge in [0.2, 0.25) is 0 Å². The van der Waals surface area contributed by atoms with Gasteiger partial charge in [0.25, 0.3) is 0 Å². The van der Waals surface area contributed by atoms with Crippen LogP contribution in [0.15, 0.2) is 139 Å². The summed E-state index contributed by atoms with van der Waals surface area (Å²) in [6.07, 6.45) is 4.37. The number of hydrogen-bond donors (Lipinski definition) is 2. The fourth-order valence-electron chi connectivity index (χ4n) is 6.91. The molecular weight excluding hydrogens is 492 g/mol. The number of para-hydroxylation sites is 5. The topological polar surface area (TPSA) is 50.3 Å². The average molecular weight is 519 g/mol. The fourth-order valence-corrected chi connectivity index (χ4v) is 6.91. The zero-order valence-corrected chi connectivity index (χ0v) is 21.7. The SMILES string of the molecule is OC1=C(c2ccccc2O)C(n2c3ccccc3c3ccccc32)(n2c3ccccc3c3ccccc32)CC=C1. The Bertz CT molecular complexity index is 1960. The maximum Gasteiger partial charge on any atom is 0.156 e. The maximum absolute atomic E-state index is 11.8. The molecule has 2 N–H and O–H groups in total. The molecule has 0 saturated heterocycles. The Morgan fingerprint density at radius 1 is 0.500 bits per heavy atom. The molecule has 0 bridgehead atoms. The summed E-state index contributed by atoms with van der Waals surface area (Å²) in [5, 5.41) is 27.7. The van der Waals surface area contributed by atoms with E-state index in [1.807, 2.05) is 24.3 Å². The molecule has 1 aliphatic rings. The van der Waals surface area contributed by atoms with Crippen LogP contribution in [0.4, 0.5) is 0 Å². The Morgan fingerprint density at radius 2 is 0.900 bits per heavy atom. The molecule has 0 radical (unpaired) electrons. The number of aliphatic hydroxyl groups excluding tert-OH is 1. The second kappa shape index (κ2) is 8.39. The van der Waals surface area contributed by atoms with E-state index in [-0.39, 0.29) is 11.5 Å². The van der Waals surface area contributed by atoms with E-state index in [1.165, 1.54) is 0 Å². The molecule has 2 aromatic heterocycles. The van der Waals surface area contributed by atoms with Crippen molar-refractivity contribution in [3.63, 3.8) is 0 Å².